The SMILES string of the molecule is CC(C(=O)O)C(=O)C(O)(c1ccccc1)c1ccccc1. The molecule has 0 heterocycles. The van der Waals surface area contributed by atoms with E-state index in [0.717, 1.165) is 0 Å². The van der Waals surface area contributed by atoms with Gasteiger partial charge in [0.15, 0.2) is 11.4 Å². The lowest BCUT2D eigenvalue weighted by atomic mass is 9.78. The molecule has 2 rings (SSSR count). The van der Waals surface area contributed by atoms with E-state index in [1.165, 1.54) is 6.92 Å². The first-order chi connectivity index (χ1) is 9.98. The van der Waals surface area contributed by atoms with Crippen LogP contribution in [0.4, 0.5) is 0 Å². The maximum absolute atomic E-state index is 12.6. The van der Waals surface area contributed by atoms with E-state index in [9.17, 15) is 14.7 Å². The number of hydrogen-bond donors (Lipinski definition) is 2. The molecule has 0 amide bonds. The first kappa shape index (κ1) is 14.9. The van der Waals surface area contributed by atoms with Crippen molar-refractivity contribution in [3.63, 3.8) is 0 Å². The Morgan fingerprint density at radius 2 is 1.29 bits per heavy atom. The Morgan fingerprint density at radius 1 is 0.905 bits per heavy atom. The molecule has 0 aliphatic rings. The minimum atomic E-state index is -1.97. The first-order valence-electron chi connectivity index (χ1n) is 6.58. The van der Waals surface area contributed by atoms with Crippen LogP contribution in [-0.2, 0) is 15.2 Å². The number of benzene rings is 2. The second-order valence-electron chi connectivity index (χ2n) is 4.87. The number of carboxylic acids is 1. The van der Waals surface area contributed by atoms with Gasteiger partial charge in [0.1, 0.15) is 5.92 Å². The van der Waals surface area contributed by atoms with Crippen molar-refractivity contribution in [3.8, 4) is 0 Å². The highest BCUT2D eigenvalue weighted by Gasteiger charge is 2.43. The van der Waals surface area contributed by atoms with E-state index in [2.05, 4.69) is 0 Å². The van der Waals surface area contributed by atoms with E-state index >= 15 is 0 Å². The number of aliphatic hydroxyl groups is 1. The van der Waals surface area contributed by atoms with Crippen molar-refractivity contribution in [1.29, 1.82) is 0 Å². The first-order valence-corrected chi connectivity index (χ1v) is 6.58. The molecule has 0 saturated heterocycles. The summed E-state index contributed by atoms with van der Waals surface area (Å²) in [6.07, 6.45) is 0. The number of hydrogen-bond acceptors (Lipinski definition) is 3. The van der Waals surface area contributed by atoms with Gasteiger partial charge in [-0.05, 0) is 18.1 Å². The molecule has 2 N–H and O–H groups in total. The zero-order valence-corrected chi connectivity index (χ0v) is 11.6. The van der Waals surface area contributed by atoms with Gasteiger partial charge in [0.05, 0.1) is 0 Å². The molecule has 4 nitrogen and oxygen atoms in total. The Hall–Kier alpha value is -2.46. The zero-order valence-electron chi connectivity index (χ0n) is 11.6. The average molecular weight is 284 g/mol. The lowest BCUT2D eigenvalue weighted by Gasteiger charge is -2.29. The highest BCUT2D eigenvalue weighted by Crippen LogP contribution is 2.33. The van der Waals surface area contributed by atoms with Crippen LogP contribution in [0.1, 0.15) is 18.1 Å². The van der Waals surface area contributed by atoms with Crippen molar-refractivity contribution in [2.24, 2.45) is 5.92 Å². The Kier molecular flexibility index (Phi) is 4.19. The third-order valence-corrected chi connectivity index (χ3v) is 3.50. The topological polar surface area (TPSA) is 74.6 Å². The molecule has 1 unspecified atom stereocenters. The number of ketones is 1. The van der Waals surface area contributed by atoms with E-state index in [0.29, 0.717) is 11.1 Å². The van der Waals surface area contributed by atoms with E-state index in [1.54, 1.807) is 60.7 Å². The number of carbonyl (C=O) groups is 2. The largest absolute Gasteiger partial charge is 0.481 e. The summed E-state index contributed by atoms with van der Waals surface area (Å²) in [7, 11) is 0. The standard InChI is InChI=1S/C17H16O4/c1-12(16(19)20)15(18)17(21,13-8-4-2-5-9-13)14-10-6-3-7-11-14/h2-12,21H,1H3,(H,19,20). The van der Waals surface area contributed by atoms with Crippen molar-refractivity contribution in [3.05, 3.63) is 71.8 Å². The van der Waals surface area contributed by atoms with Crippen molar-refractivity contribution < 1.29 is 19.8 Å². The van der Waals surface area contributed by atoms with Crippen LogP contribution in [0.3, 0.4) is 0 Å². The second kappa shape index (κ2) is 5.89. The highest BCUT2D eigenvalue weighted by atomic mass is 16.4. The van der Waals surface area contributed by atoms with Crippen LogP contribution in [0.5, 0.6) is 0 Å². The fraction of sp³-hybridized carbons (Fsp3) is 0.176. The molecule has 2 aromatic carbocycles. The van der Waals surface area contributed by atoms with Gasteiger partial charge in [0.25, 0.3) is 0 Å². The van der Waals surface area contributed by atoms with Crippen molar-refractivity contribution >= 4 is 11.8 Å². The van der Waals surface area contributed by atoms with Gasteiger partial charge in [-0.1, -0.05) is 60.7 Å². The minimum Gasteiger partial charge on any atom is -0.481 e. The van der Waals surface area contributed by atoms with Crippen LogP contribution in [0.25, 0.3) is 0 Å². The summed E-state index contributed by atoms with van der Waals surface area (Å²) in [4.78, 5) is 23.7. The van der Waals surface area contributed by atoms with Gasteiger partial charge in [0.2, 0.25) is 0 Å². The summed E-state index contributed by atoms with van der Waals surface area (Å²) < 4.78 is 0. The third-order valence-electron chi connectivity index (χ3n) is 3.50. The van der Waals surface area contributed by atoms with Gasteiger partial charge in [-0.3, -0.25) is 9.59 Å². The van der Waals surface area contributed by atoms with E-state index in [4.69, 9.17) is 5.11 Å². The van der Waals surface area contributed by atoms with E-state index < -0.39 is 23.3 Å². The minimum absolute atomic E-state index is 0.356. The molecular formula is C17H16O4. The molecule has 0 spiro atoms. The van der Waals surface area contributed by atoms with E-state index in [1.807, 2.05) is 0 Å². The van der Waals surface area contributed by atoms with Crippen LogP contribution in [0.15, 0.2) is 60.7 Å². The molecular weight excluding hydrogens is 268 g/mol. The van der Waals surface area contributed by atoms with Crippen LogP contribution >= 0.6 is 0 Å². The van der Waals surface area contributed by atoms with Gasteiger partial charge in [-0.25, -0.2) is 0 Å². The van der Waals surface area contributed by atoms with Crippen LogP contribution in [0.2, 0.25) is 0 Å². The molecule has 2 aromatic rings. The predicted molar refractivity (Wildman–Crippen MR) is 77.7 cm³/mol. The molecule has 21 heavy (non-hydrogen) atoms. The number of rotatable bonds is 5. The fourth-order valence-electron chi connectivity index (χ4n) is 2.24. The molecule has 4 heteroatoms. The van der Waals surface area contributed by atoms with Crippen molar-refractivity contribution in [2.45, 2.75) is 12.5 Å². The zero-order chi connectivity index (χ0) is 15.5. The molecule has 0 fully saturated rings. The Bertz CT molecular complexity index is 595. The maximum Gasteiger partial charge on any atom is 0.313 e. The molecule has 0 radical (unpaired) electrons. The lowest BCUT2D eigenvalue weighted by Crippen LogP contribution is -2.42. The fourth-order valence-corrected chi connectivity index (χ4v) is 2.24. The van der Waals surface area contributed by atoms with Gasteiger partial charge in [-0.2, -0.15) is 0 Å². The van der Waals surface area contributed by atoms with Gasteiger partial charge < -0.3 is 10.2 Å². The van der Waals surface area contributed by atoms with Crippen LogP contribution < -0.4 is 0 Å². The molecule has 0 aliphatic carbocycles. The Labute approximate surface area is 122 Å². The van der Waals surface area contributed by atoms with Crippen LogP contribution in [0, 0.1) is 5.92 Å². The lowest BCUT2D eigenvalue weighted by molar-refractivity contribution is -0.151. The highest BCUT2D eigenvalue weighted by molar-refractivity contribution is 6.04. The summed E-state index contributed by atoms with van der Waals surface area (Å²) in [6.45, 7) is 1.28. The van der Waals surface area contributed by atoms with E-state index in [-0.39, 0.29) is 0 Å². The number of Topliss-reactive ketones (excluding diaryl/α,β-unsaturated/α-hetero) is 1. The number of aliphatic carboxylic acids is 1. The third kappa shape index (κ3) is 2.71. The Balaban J connectivity index is 2.60. The summed E-state index contributed by atoms with van der Waals surface area (Å²) in [6, 6.07) is 16.8. The summed E-state index contributed by atoms with van der Waals surface area (Å²) in [5.41, 5.74) is -1.26. The normalized spacial score (nSPS) is 12.7. The molecule has 0 aliphatic heterocycles. The maximum atomic E-state index is 12.6. The summed E-state index contributed by atoms with van der Waals surface area (Å²) in [5, 5.41) is 20.1. The number of carboxylic acid groups (broad SMARTS) is 1. The number of carbonyl (C=O) groups excluding carboxylic acids is 1. The molecule has 0 aromatic heterocycles. The molecule has 0 bridgehead atoms. The van der Waals surface area contributed by atoms with Crippen molar-refractivity contribution in [1.82, 2.24) is 0 Å². The molecule has 1 atom stereocenters. The summed E-state index contributed by atoms with van der Waals surface area (Å²) >= 11 is 0. The van der Waals surface area contributed by atoms with Gasteiger partial charge >= 0.3 is 5.97 Å². The summed E-state index contributed by atoms with van der Waals surface area (Å²) in [5.74, 6) is -3.33. The predicted octanol–water partition coefficient (Wildman–Crippen LogP) is 2.21. The average Bonchev–Trinajstić information content (AvgIpc) is 2.54. The smallest absolute Gasteiger partial charge is 0.313 e. The molecule has 0 saturated carbocycles. The van der Waals surface area contributed by atoms with Crippen LogP contribution in [-0.4, -0.2) is 22.0 Å². The second-order valence-corrected chi connectivity index (χ2v) is 4.87. The quantitative estimate of drug-likeness (QED) is 0.825. The van der Waals surface area contributed by atoms with Crippen molar-refractivity contribution in [2.75, 3.05) is 0 Å². The monoisotopic (exact) mass is 284 g/mol. The molecule has 108 valence electrons. The van der Waals surface area contributed by atoms with Gasteiger partial charge in [-0.15, -0.1) is 0 Å². The Morgan fingerprint density at radius 3 is 1.62 bits per heavy atom. The van der Waals surface area contributed by atoms with Gasteiger partial charge in [0, 0.05) is 0 Å².